The minimum atomic E-state index is 0.0558. The van der Waals surface area contributed by atoms with Crippen molar-refractivity contribution in [3.05, 3.63) is 34.9 Å². The van der Waals surface area contributed by atoms with E-state index in [-0.39, 0.29) is 23.8 Å². The summed E-state index contributed by atoms with van der Waals surface area (Å²) in [6.45, 7) is 8.78. The highest BCUT2D eigenvalue weighted by molar-refractivity contribution is 6.31. The van der Waals surface area contributed by atoms with Crippen molar-refractivity contribution in [1.82, 2.24) is 10.2 Å². The zero-order valence-corrected chi connectivity index (χ0v) is 15.3. The first-order chi connectivity index (χ1) is 11.5. The number of benzene rings is 1. The van der Waals surface area contributed by atoms with Crippen LogP contribution in [0.25, 0.3) is 0 Å². The molecular weight excluding hydrogens is 324 g/mol. The van der Waals surface area contributed by atoms with Gasteiger partial charge in [0.05, 0.1) is 12.7 Å². The molecule has 1 N–H and O–H groups in total. The van der Waals surface area contributed by atoms with Gasteiger partial charge in [0.15, 0.2) is 0 Å². The van der Waals surface area contributed by atoms with Crippen molar-refractivity contribution in [3.8, 4) is 0 Å². The minimum Gasteiger partial charge on any atom is -0.374 e. The number of morpholine rings is 1. The van der Waals surface area contributed by atoms with Gasteiger partial charge in [0.25, 0.3) is 0 Å². The summed E-state index contributed by atoms with van der Waals surface area (Å²) in [4.78, 5) is 14.8. The fourth-order valence-corrected chi connectivity index (χ4v) is 3.81. The lowest BCUT2D eigenvalue weighted by Crippen LogP contribution is -2.48. The minimum absolute atomic E-state index is 0.0558. The molecule has 3 rings (SSSR count). The lowest BCUT2D eigenvalue weighted by molar-refractivity contribution is -0.123. The van der Waals surface area contributed by atoms with Gasteiger partial charge in [0.1, 0.15) is 0 Å². The second-order valence-corrected chi connectivity index (χ2v) is 7.77. The van der Waals surface area contributed by atoms with Crippen LogP contribution in [0.2, 0.25) is 5.02 Å². The van der Waals surface area contributed by atoms with Crippen molar-refractivity contribution in [1.29, 1.82) is 0 Å². The van der Waals surface area contributed by atoms with Crippen LogP contribution in [-0.2, 0) is 9.53 Å². The number of halogens is 1. The van der Waals surface area contributed by atoms with Gasteiger partial charge in [-0.25, -0.2) is 0 Å². The Morgan fingerprint density at radius 1 is 1.42 bits per heavy atom. The normalized spacial score (nSPS) is 27.2. The zero-order chi connectivity index (χ0) is 17.1. The molecule has 0 radical (unpaired) electrons. The fraction of sp³-hybridized carbons (Fsp3) is 0.632. The van der Waals surface area contributed by atoms with Gasteiger partial charge in [-0.05, 0) is 29.9 Å². The third-order valence-electron chi connectivity index (χ3n) is 4.78. The van der Waals surface area contributed by atoms with Crippen LogP contribution in [0.15, 0.2) is 24.3 Å². The summed E-state index contributed by atoms with van der Waals surface area (Å²) in [7, 11) is 0. The zero-order valence-electron chi connectivity index (χ0n) is 14.5. The Bertz CT molecular complexity index is 578. The molecule has 2 fully saturated rings. The highest BCUT2D eigenvalue weighted by atomic mass is 35.5. The third kappa shape index (κ3) is 4.50. The number of hydrogen-bond acceptors (Lipinski definition) is 3. The Morgan fingerprint density at radius 2 is 2.21 bits per heavy atom. The van der Waals surface area contributed by atoms with E-state index in [0.717, 1.165) is 43.2 Å². The quantitative estimate of drug-likeness (QED) is 0.857. The number of nitrogens with zero attached hydrogens (tertiary/aromatic N) is 1. The van der Waals surface area contributed by atoms with E-state index >= 15 is 0 Å². The van der Waals surface area contributed by atoms with Crippen LogP contribution in [0.5, 0.6) is 0 Å². The molecule has 5 heteroatoms. The summed E-state index contributed by atoms with van der Waals surface area (Å²) in [6, 6.07) is 7.82. The molecule has 1 aromatic carbocycles. The second kappa shape index (κ2) is 7.85. The molecule has 2 aliphatic rings. The first-order valence-electron chi connectivity index (χ1n) is 8.90. The van der Waals surface area contributed by atoms with E-state index < -0.39 is 0 Å². The number of hydrogen-bond donors (Lipinski definition) is 1. The van der Waals surface area contributed by atoms with Gasteiger partial charge < -0.3 is 10.1 Å². The van der Waals surface area contributed by atoms with Gasteiger partial charge in [-0.1, -0.05) is 43.6 Å². The predicted molar refractivity (Wildman–Crippen MR) is 96.3 cm³/mol. The number of ether oxygens (including phenoxy) is 1. The molecular formula is C19H27ClN2O2. The van der Waals surface area contributed by atoms with Gasteiger partial charge in [0, 0.05) is 37.1 Å². The Morgan fingerprint density at radius 3 is 2.96 bits per heavy atom. The highest BCUT2D eigenvalue weighted by Gasteiger charge is 2.44. The maximum absolute atomic E-state index is 12.4. The molecule has 4 nitrogen and oxygen atoms in total. The van der Waals surface area contributed by atoms with Crippen LogP contribution in [0, 0.1) is 11.8 Å². The third-order valence-corrected chi connectivity index (χ3v) is 5.13. The largest absolute Gasteiger partial charge is 0.374 e. The van der Waals surface area contributed by atoms with Crippen LogP contribution in [0.1, 0.15) is 31.7 Å². The van der Waals surface area contributed by atoms with Crippen molar-refractivity contribution in [2.24, 2.45) is 11.8 Å². The van der Waals surface area contributed by atoms with Crippen LogP contribution in [0.3, 0.4) is 0 Å². The standard InChI is InChI=1S/C19H27ClN2O2/c1-13(2)11-22-7-8-24-14(12-22)10-21-19(23)17-9-16(17)15-5-3-4-6-18(15)20/h3-6,13-14,16-17H,7-12H2,1-2H3,(H,21,23). The average Bonchev–Trinajstić information content (AvgIpc) is 3.33. The second-order valence-electron chi connectivity index (χ2n) is 7.36. The Balaban J connectivity index is 1.44. The molecule has 1 amide bonds. The van der Waals surface area contributed by atoms with Gasteiger partial charge in [-0.15, -0.1) is 0 Å². The Labute approximate surface area is 149 Å². The fourth-order valence-electron chi connectivity index (χ4n) is 3.54. The number of nitrogens with one attached hydrogen (secondary N) is 1. The van der Waals surface area contributed by atoms with Crippen molar-refractivity contribution in [2.45, 2.75) is 32.3 Å². The smallest absolute Gasteiger partial charge is 0.223 e. The van der Waals surface area contributed by atoms with Gasteiger partial charge in [-0.2, -0.15) is 0 Å². The summed E-state index contributed by atoms with van der Waals surface area (Å²) in [5.41, 5.74) is 1.09. The first kappa shape index (κ1) is 17.7. The van der Waals surface area contributed by atoms with Gasteiger partial charge in [-0.3, -0.25) is 9.69 Å². The molecule has 3 unspecified atom stereocenters. The summed E-state index contributed by atoms with van der Waals surface area (Å²) in [5, 5.41) is 3.84. The molecule has 1 aliphatic carbocycles. The molecule has 0 aromatic heterocycles. The van der Waals surface area contributed by atoms with Crippen molar-refractivity contribution < 1.29 is 9.53 Å². The van der Waals surface area contributed by atoms with E-state index in [2.05, 4.69) is 24.1 Å². The van der Waals surface area contributed by atoms with Crippen molar-refractivity contribution in [3.63, 3.8) is 0 Å². The molecule has 1 saturated carbocycles. The number of rotatable bonds is 6. The molecule has 1 saturated heterocycles. The molecule has 132 valence electrons. The van der Waals surface area contributed by atoms with E-state index in [0.29, 0.717) is 12.5 Å². The molecule has 1 heterocycles. The SMILES string of the molecule is CC(C)CN1CCOC(CNC(=O)C2CC2c2ccccc2Cl)C1. The molecule has 1 aromatic rings. The van der Waals surface area contributed by atoms with Crippen LogP contribution in [-0.4, -0.2) is 49.7 Å². The van der Waals surface area contributed by atoms with Crippen molar-refractivity contribution >= 4 is 17.5 Å². The molecule has 1 aliphatic heterocycles. The van der Waals surface area contributed by atoms with Crippen LogP contribution < -0.4 is 5.32 Å². The lowest BCUT2D eigenvalue weighted by atomic mass is 10.1. The average molecular weight is 351 g/mol. The maximum atomic E-state index is 12.4. The van der Waals surface area contributed by atoms with Gasteiger partial charge >= 0.3 is 0 Å². The van der Waals surface area contributed by atoms with Crippen LogP contribution in [0.4, 0.5) is 0 Å². The molecule has 0 spiro atoms. The number of carbonyl (C=O) groups is 1. The van der Waals surface area contributed by atoms with Crippen molar-refractivity contribution in [2.75, 3.05) is 32.8 Å². The van der Waals surface area contributed by atoms with E-state index in [1.807, 2.05) is 24.3 Å². The Hall–Kier alpha value is -1.10. The lowest BCUT2D eigenvalue weighted by Gasteiger charge is -2.34. The summed E-state index contributed by atoms with van der Waals surface area (Å²) in [6.07, 6.45) is 0.986. The summed E-state index contributed by atoms with van der Waals surface area (Å²) < 4.78 is 5.79. The highest BCUT2D eigenvalue weighted by Crippen LogP contribution is 2.49. The summed E-state index contributed by atoms with van der Waals surface area (Å²) >= 11 is 6.23. The van der Waals surface area contributed by atoms with E-state index in [1.165, 1.54) is 0 Å². The predicted octanol–water partition coefficient (Wildman–Crippen LogP) is 2.92. The molecule has 0 bridgehead atoms. The topological polar surface area (TPSA) is 41.6 Å². The first-order valence-corrected chi connectivity index (χ1v) is 9.28. The van der Waals surface area contributed by atoms with E-state index in [1.54, 1.807) is 0 Å². The molecule has 3 atom stereocenters. The van der Waals surface area contributed by atoms with E-state index in [4.69, 9.17) is 16.3 Å². The number of amides is 1. The molecule has 24 heavy (non-hydrogen) atoms. The van der Waals surface area contributed by atoms with Crippen LogP contribution >= 0.6 is 11.6 Å². The maximum Gasteiger partial charge on any atom is 0.223 e. The van der Waals surface area contributed by atoms with E-state index in [9.17, 15) is 4.79 Å². The Kier molecular flexibility index (Phi) is 5.80. The number of carbonyl (C=O) groups excluding carboxylic acids is 1. The van der Waals surface area contributed by atoms with Gasteiger partial charge in [0.2, 0.25) is 5.91 Å². The summed E-state index contributed by atoms with van der Waals surface area (Å²) in [5.74, 6) is 1.11. The monoisotopic (exact) mass is 350 g/mol.